The molecule has 0 aromatic rings. The fourth-order valence-corrected chi connectivity index (χ4v) is 2.73. The number of aliphatic carboxylic acids is 1. The zero-order chi connectivity index (χ0) is 15.3. The van der Waals surface area contributed by atoms with E-state index in [1.807, 2.05) is 20.8 Å². The number of nitrogens with zero attached hydrogens (tertiary/aromatic N) is 1. The molecule has 116 valence electrons. The molecule has 1 fully saturated rings. The maximum absolute atomic E-state index is 12.3. The van der Waals surface area contributed by atoms with E-state index in [2.05, 4.69) is 12.2 Å². The number of carbonyl (C=O) groups is 2. The lowest BCUT2D eigenvalue weighted by Crippen LogP contribution is -2.59. The highest BCUT2D eigenvalue weighted by atomic mass is 16.4. The lowest BCUT2D eigenvalue weighted by molar-refractivity contribution is -0.146. The van der Waals surface area contributed by atoms with Crippen LogP contribution in [0.25, 0.3) is 0 Å². The van der Waals surface area contributed by atoms with Crippen molar-refractivity contribution < 1.29 is 14.7 Å². The van der Waals surface area contributed by atoms with Crippen molar-refractivity contribution in [1.29, 1.82) is 0 Å². The molecule has 0 bridgehead atoms. The first-order valence-corrected chi connectivity index (χ1v) is 7.61. The molecule has 1 rings (SSSR count). The van der Waals surface area contributed by atoms with E-state index in [-0.39, 0.29) is 6.03 Å². The van der Waals surface area contributed by atoms with Gasteiger partial charge >= 0.3 is 12.0 Å². The van der Waals surface area contributed by atoms with Gasteiger partial charge in [0.15, 0.2) is 0 Å². The average molecular weight is 284 g/mol. The summed E-state index contributed by atoms with van der Waals surface area (Å²) in [6, 6.07) is -0.252. The monoisotopic (exact) mass is 284 g/mol. The predicted molar refractivity (Wildman–Crippen MR) is 78.6 cm³/mol. The first-order valence-electron chi connectivity index (χ1n) is 7.61. The Kier molecular flexibility index (Phi) is 5.84. The van der Waals surface area contributed by atoms with Crippen LogP contribution < -0.4 is 5.32 Å². The van der Waals surface area contributed by atoms with Crippen molar-refractivity contribution in [2.75, 3.05) is 13.1 Å². The number of nitrogens with one attached hydrogen (secondary N) is 1. The van der Waals surface area contributed by atoms with Crippen molar-refractivity contribution in [1.82, 2.24) is 10.2 Å². The molecular weight excluding hydrogens is 256 g/mol. The first-order chi connectivity index (χ1) is 9.30. The molecule has 1 aliphatic rings. The van der Waals surface area contributed by atoms with E-state index in [4.69, 9.17) is 0 Å². The lowest BCUT2D eigenvalue weighted by atomic mass is 9.77. The topological polar surface area (TPSA) is 69.6 Å². The van der Waals surface area contributed by atoms with E-state index >= 15 is 0 Å². The van der Waals surface area contributed by atoms with Crippen LogP contribution >= 0.6 is 0 Å². The summed E-state index contributed by atoms with van der Waals surface area (Å²) in [5.41, 5.74) is -1.08. The Morgan fingerprint density at radius 2 is 1.90 bits per heavy atom. The van der Waals surface area contributed by atoms with Crippen LogP contribution in [0.5, 0.6) is 0 Å². The summed E-state index contributed by atoms with van der Waals surface area (Å²) in [6.07, 6.45) is 2.74. The molecular formula is C15H28N2O3. The van der Waals surface area contributed by atoms with Gasteiger partial charge in [0.05, 0.1) is 0 Å². The highest BCUT2D eigenvalue weighted by Crippen LogP contribution is 2.32. The number of carbonyl (C=O) groups excluding carboxylic acids is 1. The van der Waals surface area contributed by atoms with Crippen molar-refractivity contribution in [3.8, 4) is 0 Å². The molecule has 0 aliphatic heterocycles. The van der Waals surface area contributed by atoms with Crippen LogP contribution in [0.4, 0.5) is 4.79 Å². The summed E-state index contributed by atoms with van der Waals surface area (Å²) < 4.78 is 0. The van der Waals surface area contributed by atoms with Crippen molar-refractivity contribution in [2.24, 2.45) is 11.8 Å². The molecule has 1 saturated carbocycles. The Labute approximate surface area is 121 Å². The van der Waals surface area contributed by atoms with Gasteiger partial charge in [-0.25, -0.2) is 9.59 Å². The maximum atomic E-state index is 12.3. The number of hydrogen-bond donors (Lipinski definition) is 2. The zero-order valence-corrected chi connectivity index (χ0v) is 13.1. The fraction of sp³-hybridized carbons (Fsp3) is 0.867. The van der Waals surface area contributed by atoms with Crippen molar-refractivity contribution >= 4 is 12.0 Å². The highest BCUT2D eigenvalue weighted by molar-refractivity contribution is 5.86. The number of amides is 2. The minimum atomic E-state index is -1.08. The van der Waals surface area contributed by atoms with Crippen molar-refractivity contribution in [3.63, 3.8) is 0 Å². The SMILES string of the molecule is CCN(CC(C)C)C(=O)NC1(C(=O)O)CCC(C)CC1. The second-order valence-corrected chi connectivity index (χ2v) is 6.43. The van der Waals surface area contributed by atoms with Gasteiger partial charge < -0.3 is 15.3 Å². The van der Waals surface area contributed by atoms with E-state index in [9.17, 15) is 14.7 Å². The summed E-state index contributed by atoms with van der Waals surface area (Å²) in [4.78, 5) is 25.6. The van der Waals surface area contributed by atoms with Gasteiger partial charge in [-0.05, 0) is 44.4 Å². The fourth-order valence-electron chi connectivity index (χ4n) is 2.73. The van der Waals surface area contributed by atoms with E-state index in [0.717, 1.165) is 12.8 Å². The van der Waals surface area contributed by atoms with E-state index < -0.39 is 11.5 Å². The van der Waals surface area contributed by atoms with Crippen LogP contribution in [-0.4, -0.2) is 40.6 Å². The molecule has 0 heterocycles. The summed E-state index contributed by atoms with van der Waals surface area (Å²) in [5.74, 6) is 0.00326. The van der Waals surface area contributed by atoms with Crippen LogP contribution in [-0.2, 0) is 4.79 Å². The van der Waals surface area contributed by atoms with Gasteiger partial charge in [-0.15, -0.1) is 0 Å². The first kappa shape index (κ1) is 16.8. The second-order valence-electron chi connectivity index (χ2n) is 6.43. The van der Waals surface area contributed by atoms with Crippen molar-refractivity contribution in [2.45, 2.75) is 58.9 Å². The Morgan fingerprint density at radius 3 is 2.30 bits per heavy atom. The van der Waals surface area contributed by atoms with Crippen LogP contribution in [0.2, 0.25) is 0 Å². The Bertz CT molecular complexity index is 347. The van der Waals surface area contributed by atoms with Gasteiger partial charge in [0.1, 0.15) is 5.54 Å². The quantitative estimate of drug-likeness (QED) is 0.815. The van der Waals surface area contributed by atoms with Gasteiger partial charge in [0.25, 0.3) is 0 Å². The molecule has 0 atom stereocenters. The summed E-state index contributed by atoms with van der Waals surface area (Å²) in [6.45, 7) is 9.38. The molecule has 0 radical (unpaired) electrons. The average Bonchev–Trinajstić information content (AvgIpc) is 2.38. The molecule has 5 nitrogen and oxygen atoms in total. The van der Waals surface area contributed by atoms with Gasteiger partial charge in [-0.1, -0.05) is 20.8 Å². The molecule has 0 unspecified atom stereocenters. The Balaban J connectivity index is 2.75. The van der Waals surface area contributed by atoms with Gasteiger partial charge in [0.2, 0.25) is 0 Å². The zero-order valence-electron chi connectivity index (χ0n) is 13.1. The van der Waals surface area contributed by atoms with E-state index in [0.29, 0.717) is 37.8 Å². The van der Waals surface area contributed by atoms with Crippen LogP contribution in [0.15, 0.2) is 0 Å². The highest BCUT2D eigenvalue weighted by Gasteiger charge is 2.43. The van der Waals surface area contributed by atoms with Crippen molar-refractivity contribution in [3.05, 3.63) is 0 Å². The minimum absolute atomic E-state index is 0.252. The lowest BCUT2D eigenvalue weighted by Gasteiger charge is -2.38. The Morgan fingerprint density at radius 1 is 1.35 bits per heavy atom. The summed E-state index contributed by atoms with van der Waals surface area (Å²) in [7, 11) is 0. The number of carboxylic acid groups (broad SMARTS) is 1. The number of urea groups is 1. The van der Waals surface area contributed by atoms with Crippen LogP contribution in [0, 0.1) is 11.8 Å². The predicted octanol–water partition coefficient (Wildman–Crippen LogP) is 2.71. The van der Waals surface area contributed by atoms with Crippen LogP contribution in [0.1, 0.15) is 53.4 Å². The number of carboxylic acids is 1. The normalized spacial score (nSPS) is 26.4. The van der Waals surface area contributed by atoms with Crippen LogP contribution in [0.3, 0.4) is 0 Å². The molecule has 0 aromatic carbocycles. The molecule has 0 spiro atoms. The third-order valence-corrected chi connectivity index (χ3v) is 4.14. The maximum Gasteiger partial charge on any atom is 0.329 e. The number of hydrogen-bond acceptors (Lipinski definition) is 2. The standard InChI is InChI=1S/C15H28N2O3/c1-5-17(10-11(2)3)14(20)16-15(13(18)19)8-6-12(4)7-9-15/h11-12H,5-10H2,1-4H3,(H,16,20)(H,18,19). The Hall–Kier alpha value is -1.26. The smallest absolute Gasteiger partial charge is 0.329 e. The third kappa shape index (κ3) is 4.12. The third-order valence-electron chi connectivity index (χ3n) is 4.14. The van der Waals surface area contributed by atoms with E-state index in [1.165, 1.54) is 0 Å². The van der Waals surface area contributed by atoms with Gasteiger partial charge in [-0.3, -0.25) is 0 Å². The van der Waals surface area contributed by atoms with Gasteiger partial charge in [0, 0.05) is 13.1 Å². The molecule has 5 heteroatoms. The molecule has 2 amide bonds. The summed E-state index contributed by atoms with van der Waals surface area (Å²) in [5, 5.41) is 12.3. The largest absolute Gasteiger partial charge is 0.480 e. The summed E-state index contributed by atoms with van der Waals surface area (Å²) >= 11 is 0. The molecule has 0 saturated heterocycles. The minimum Gasteiger partial charge on any atom is -0.480 e. The molecule has 2 N–H and O–H groups in total. The van der Waals surface area contributed by atoms with E-state index in [1.54, 1.807) is 4.90 Å². The molecule has 20 heavy (non-hydrogen) atoms. The molecule has 1 aliphatic carbocycles. The number of rotatable bonds is 5. The second kappa shape index (κ2) is 6.95. The van der Waals surface area contributed by atoms with Gasteiger partial charge in [-0.2, -0.15) is 0 Å². The molecule has 0 aromatic heterocycles.